The van der Waals surface area contributed by atoms with Crippen molar-refractivity contribution in [2.75, 3.05) is 11.1 Å². The second-order valence-corrected chi connectivity index (χ2v) is 8.51. The molecule has 0 bridgehead atoms. The number of carbonyl (C=O) groups is 1. The molecule has 0 aliphatic rings. The van der Waals surface area contributed by atoms with E-state index in [1.54, 1.807) is 6.20 Å². The Morgan fingerprint density at radius 1 is 1.13 bits per heavy atom. The molecule has 0 aliphatic heterocycles. The summed E-state index contributed by atoms with van der Waals surface area (Å²) in [5, 5.41) is 14.7. The highest BCUT2D eigenvalue weighted by molar-refractivity contribution is 7.99. The molecular weight excluding hydrogens is 416 g/mol. The quantitative estimate of drug-likeness (QED) is 0.450. The summed E-state index contributed by atoms with van der Waals surface area (Å²) < 4.78 is 1.97. The first-order chi connectivity index (χ1) is 14.5. The molecule has 1 N–H and O–H groups in total. The first kappa shape index (κ1) is 20.2. The molecule has 0 saturated carbocycles. The minimum absolute atomic E-state index is 0.135. The third-order valence-electron chi connectivity index (χ3n) is 4.54. The van der Waals surface area contributed by atoms with Crippen LogP contribution in [0.4, 0.5) is 5.13 Å². The van der Waals surface area contributed by atoms with Crippen LogP contribution in [0.3, 0.4) is 0 Å². The first-order valence-corrected chi connectivity index (χ1v) is 11.2. The lowest BCUT2D eigenvalue weighted by molar-refractivity contribution is -0.113. The van der Waals surface area contributed by atoms with Gasteiger partial charge in [0.1, 0.15) is 5.69 Å². The zero-order valence-corrected chi connectivity index (χ0v) is 18.4. The van der Waals surface area contributed by atoms with Crippen molar-refractivity contribution in [3.05, 3.63) is 64.8 Å². The smallest absolute Gasteiger partial charge is 0.236 e. The average Bonchev–Trinajstić information content (AvgIpc) is 3.35. The summed E-state index contributed by atoms with van der Waals surface area (Å²) in [6.45, 7) is 6.03. The van der Waals surface area contributed by atoms with Crippen molar-refractivity contribution in [3.63, 3.8) is 0 Å². The van der Waals surface area contributed by atoms with E-state index in [9.17, 15) is 4.79 Å². The maximum Gasteiger partial charge on any atom is 0.236 e. The molecule has 0 radical (unpaired) electrons. The van der Waals surface area contributed by atoms with Gasteiger partial charge in [0, 0.05) is 11.6 Å². The number of pyridine rings is 1. The van der Waals surface area contributed by atoms with Gasteiger partial charge >= 0.3 is 0 Å². The SMILES string of the molecule is Cc1csc(NC(=O)CSc2nnc(-c3ccccn3)n2-c2cccc(C)c2C)n1. The number of thiazole rings is 1. The minimum atomic E-state index is -0.135. The number of rotatable bonds is 6. The Bertz CT molecular complexity index is 1190. The lowest BCUT2D eigenvalue weighted by atomic mass is 10.1. The summed E-state index contributed by atoms with van der Waals surface area (Å²) in [5.74, 6) is 0.705. The van der Waals surface area contributed by atoms with Gasteiger partial charge in [0.2, 0.25) is 5.91 Å². The van der Waals surface area contributed by atoms with E-state index in [4.69, 9.17) is 0 Å². The van der Waals surface area contributed by atoms with Crippen molar-refractivity contribution in [1.82, 2.24) is 24.7 Å². The predicted molar refractivity (Wildman–Crippen MR) is 120 cm³/mol. The number of hydrogen-bond acceptors (Lipinski definition) is 7. The number of hydrogen-bond donors (Lipinski definition) is 1. The number of anilines is 1. The molecule has 0 saturated heterocycles. The summed E-state index contributed by atoms with van der Waals surface area (Å²) in [7, 11) is 0. The van der Waals surface area contributed by atoms with Crippen LogP contribution in [0, 0.1) is 20.8 Å². The molecule has 3 heterocycles. The monoisotopic (exact) mass is 436 g/mol. The van der Waals surface area contributed by atoms with Crippen molar-refractivity contribution >= 4 is 34.1 Å². The van der Waals surface area contributed by atoms with Crippen LogP contribution in [0.15, 0.2) is 53.1 Å². The van der Waals surface area contributed by atoms with Crippen LogP contribution >= 0.6 is 23.1 Å². The van der Waals surface area contributed by atoms with Gasteiger partial charge in [0.25, 0.3) is 0 Å². The lowest BCUT2D eigenvalue weighted by Crippen LogP contribution is -2.14. The van der Waals surface area contributed by atoms with Crippen molar-refractivity contribution in [3.8, 4) is 17.2 Å². The lowest BCUT2D eigenvalue weighted by Gasteiger charge is -2.14. The molecule has 7 nitrogen and oxygen atoms in total. The van der Waals surface area contributed by atoms with E-state index in [1.165, 1.54) is 28.7 Å². The number of amides is 1. The van der Waals surface area contributed by atoms with Gasteiger partial charge in [-0.3, -0.25) is 14.3 Å². The normalized spacial score (nSPS) is 10.9. The van der Waals surface area contributed by atoms with Crippen LogP contribution in [-0.2, 0) is 4.79 Å². The standard InChI is InChI=1S/C21H20N6OS2/c1-13-7-6-9-17(15(13)3)27-19(16-8-4-5-10-22-16)25-26-21(27)30-12-18(28)24-20-23-14(2)11-29-20/h4-11H,12H2,1-3H3,(H,23,24,28). The van der Waals surface area contributed by atoms with E-state index in [0.29, 0.717) is 16.1 Å². The van der Waals surface area contributed by atoms with Gasteiger partial charge in [-0.2, -0.15) is 0 Å². The molecule has 30 heavy (non-hydrogen) atoms. The highest BCUT2D eigenvalue weighted by Crippen LogP contribution is 2.29. The number of benzene rings is 1. The molecule has 0 fully saturated rings. The highest BCUT2D eigenvalue weighted by Gasteiger charge is 2.20. The molecule has 4 rings (SSSR count). The van der Waals surface area contributed by atoms with E-state index in [2.05, 4.69) is 45.4 Å². The Kier molecular flexibility index (Phi) is 5.91. The predicted octanol–water partition coefficient (Wildman–Crippen LogP) is 4.44. The number of aromatic nitrogens is 5. The largest absolute Gasteiger partial charge is 0.301 e. The van der Waals surface area contributed by atoms with E-state index < -0.39 is 0 Å². The molecular formula is C21H20N6OS2. The fourth-order valence-corrected chi connectivity index (χ4v) is 4.37. The van der Waals surface area contributed by atoms with Crippen LogP contribution in [0.2, 0.25) is 0 Å². The van der Waals surface area contributed by atoms with E-state index in [-0.39, 0.29) is 11.7 Å². The van der Waals surface area contributed by atoms with E-state index in [1.807, 2.05) is 47.2 Å². The zero-order valence-electron chi connectivity index (χ0n) is 16.8. The van der Waals surface area contributed by atoms with Crippen LogP contribution in [-0.4, -0.2) is 36.4 Å². The molecule has 4 aromatic rings. The first-order valence-electron chi connectivity index (χ1n) is 9.31. The Morgan fingerprint density at radius 3 is 2.73 bits per heavy atom. The third kappa shape index (κ3) is 4.27. The number of carbonyl (C=O) groups excluding carboxylic acids is 1. The van der Waals surface area contributed by atoms with Gasteiger partial charge in [-0.15, -0.1) is 21.5 Å². The Balaban J connectivity index is 1.65. The summed E-state index contributed by atoms with van der Waals surface area (Å²) in [6, 6.07) is 11.8. The molecule has 1 aromatic carbocycles. The summed E-state index contributed by atoms with van der Waals surface area (Å²) >= 11 is 2.74. The van der Waals surface area contributed by atoms with Gasteiger partial charge in [-0.1, -0.05) is 30.0 Å². The Labute approximate surface area is 182 Å². The van der Waals surface area contributed by atoms with Crippen molar-refractivity contribution < 1.29 is 4.79 Å². The van der Waals surface area contributed by atoms with Crippen LogP contribution in [0.25, 0.3) is 17.2 Å². The summed E-state index contributed by atoms with van der Waals surface area (Å²) in [5.41, 5.74) is 4.87. The fourth-order valence-electron chi connectivity index (χ4n) is 2.92. The number of thioether (sulfide) groups is 1. The molecule has 9 heteroatoms. The second-order valence-electron chi connectivity index (χ2n) is 6.71. The zero-order chi connectivity index (χ0) is 21.1. The minimum Gasteiger partial charge on any atom is -0.301 e. The number of nitrogens with one attached hydrogen (secondary N) is 1. The third-order valence-corrected chi connectivity index (χ3v) is 6.35. The second kappa shape index (κ2) is 8.76. The van der Waals surface area contributed by atoms with Gasteiger partial charge in [0.15, 0.2) is 16.1 Å². The summed E-state index contributed by atoms with van der Waals surface area (Å²) in [4.78, 5) is 21.1. The molecule has 0 spiro atoms. The van der Waals surface area contributed by atoms with Crippen LogP contribution in [0.5, 0.6) is 0 Å². The van der Waals surface area contributed by atoms with E-state index >= 15 is 0 Å². The summed E-state index contributed by atoms with van der Waals surface area (Å²) in [6.07, 6.45) is 1.73. The molecule has 3 aromatic heterocycles. The maximum atomic E-state index is 12.4. The van der Waals surface area contributed by atoms with Crippen LogP contribution in [0.1, 0.15) is 16.8 Å². The van der Waals surface area contributed by atoms with E-state index in [0.717, 1.165) is 22.6 Å². The molecule has 152 valence electrons. The Hall–Kier alpha value is -3.04. The number of aryl methyl sites for hydroxylation is 2. The molecule has 0 aliphatic carbocycles. The molecule has 0 unspecified atom stereocenters. The van der Waals surface area contributed by atoms with Crippen molar-refractivity contribution in [2.24, 2.45) is 0 Å². The fraction of sp³-hybridized carbons (Fsp3) is 0.190. The topological polar surface area (TPSA) is 85.6 Å². The van der Waals surface area contributed by atoms with Crippen molar-refractivity contribution in [1.29, 1.82) is 0 Å². The maximum absolute atomic E-state index is 12.4. The number of nitrogens with zero attached hydrogens (tertiary/aromatic N) is 5. The van der Waals surface area contributed by atoms with Crippen LogP contribution < -0.4 is 5.32 Å². The molecule has 0 atom stereocenters. The average molecular weight is 437 g/mol. The van der Waals surface area contributed by atoms with Gasteiger partial charge < -0.3 is 5.32 Å². The van der Waals surface area contributed by atoms with Gasteiger partial charge in [0.05, 0.1) is 17.1 Å². The molecule has 1 amide bonds. The van der Waals surface area contributed by atoms with Gasteiger partial charge in [-0.05, 0) is 50.1 Å². The Morgan fingerprint density at radius 2 is 2.00 bits per heavy atom. The highest BCUT2D eigenvalue weighted by atomic mass is 32.2. The van der Waals surface area contributed by atoms with Gasteiger partial charge in [-0.25, -0.2) is 4.98 Å². The van der Waals surface area contributed by atoms with Crippen molar-refractivity contribution in [2.45, 2.75) is 25.9 Å².